The minimum absolute atomic E-state index is 0.0178. The number of methoxy groups -OCH3 is 1. The molecule has 3 rings (SSSR count). The summed E-state index contributed by atoms with van der Waals surface area (Å²) in [7, 11) is 2.95. The van der Waals surface area contributed by atoms with Crippen LogP contribution in [0.25, 0.3) is 0 Å². The lowest BCUT2D eigenvalue weighted by Gasteiger charge is -2.26. The molecule has 0 amide bonds. The second-order valence-corrected chi connectivity index (χ2v) is 6.06. The second-order valence-electron chi connectivity index (χ2n) is 6.06. The normalized spacial score (nSPS) is 15.8. The van der Waals surface area contributed by atoms with Gasteiger partial charge < -0.3 is 18.8 Å². The van der Waals surface area contributed by atoms with Crippen molar-refractivity contribution in [3.05, 3.63) is 57.5 Å². The van der Waals surface area contributed by atoms with Crippen LogP contribution < -0.4 is 15.0 Å². The third-order valence-electron chi connectivity index (χ3n) is 4.48. The predicted octanol–water partition coefficient (Wildman–Crippen LogP) is 1.69. The highest BCUT2D eigenvalue weighted by Gasteiger charge is 2.33. The number of aromatic nitrogens is 1. The van der Waals surface area contributed by atoms with Gasteiger partial charge in [0.2, 0.25) is 0 Å². The predicted molar refractivity (Wildman–Crippen MR) is 92.5 cm³/mol. The van der Waals surface area contributed by atoms with Crippen LogP contribution in [0, 0.1) is 6.92 Å². The van der Waals surface area contributed by atoms with Crippen molar-refractivity contribution in [2.24, 2.45) is 7.05 Å². The molecule has 0 saturated carbocycles. The van der Waals surface area contributed by atoms with Gasteiger partial charge >= 0.3 is 11.9 Å². The Balaban J connectivity index is 2.09. The van der Waals surface area contributed by atoms with Crippen LogP contribution in [0.15, 0.2) is 35.1 Å². The molecule has 7 heteroatoms. The lowest BCUT2D eigenvalue weighted by molar-refractivity contribution is -0.143. The number of aryl methyl sites for hydroxylation is 1. The molecule has 1 aliphatic heterocycles. The summed E-state index contributed by atoms with van der Waals surface area (Å²) >= 11 is 0. The van der Waals surface area contributed by atoms with E-state index >= 15 is 0 Å². The van der Waals surface area contributed by atoms with Gasteiger partial charge in [-0.3, -0.25) is 9.59 Å². The Bertz CT molecular complexity index is 930. The zero-order chi connectivity index (χ0) is 18.8. The molecule has 0 spiro atoms. The summed E-state index contributed by atoms with van der Waals surface area (Å²) in [5.41, 5.74) is 1.53. The van der Waals surface area contributed by atoms with Gasteiger partial charge in [0.25, 0.3) is 5.56 Å². The number of carbonyl (C=O) groups excluding carboxylic acids is 2. The Hall–Kier alpha value is -3.09. The van der Waals surface area contributed by atoms with Crippen LogP contribution >= 0.6 is 0 Å². The smallest absolute Gasteiger partial charge is 0.343 e. The molecule has 1 aromatic heterocycles. The third kappa shape index (κ3) is 3.20. The number of esters is 2. The number of carbonyl (C=O) groups is 2. The molecule has 1 unspecified atom stereocenters. The van der Waals surface area contributed by atoms with Gasteiger partial charge in [0.05, 0.1) is 19.1 Å². The maximum Gasteiger partial charge on any atom is 0.343 e. The lowest BCUT2D eigenvalue weighted by atomic mass is 9.86. The second kappa shape index (κ2) is 7.03. The number of benzene rings is 1. The van der Waals surface area contributed by atoms with Gasteiger partial charge in [-0.2, -0.15) is 0 Å². The molecule has 1 aromatic carbocycles. The van der Waals surface area contributed by atoms with Gasteiger partial charge in [-0.05, 0) is 13.0 Å². The fourth-order valence-corrected chi connectivity index (χ4v) is 3.01. The Kier molecular flexibility index (Phi) is 4.79. The van der Waals surface area contributed by atoms with E-state index < -0.39 is 17.9 Å². The number of hydrogen-bond donors (Lipinski definition) is 0. The van der Waals surface area contributed by atoms with E-state index in [0.29, 0.717) is 22.6 Å². The van der Waals surface area contributed by atoms with Crippen LogP contribution in [0.4, 0.5) is 0 Å². The van der Waals surface area contributed by atoms with Crippen LogP contribution in [0.5, 0.6) is 11.5 Å². The molecule has 0 radical (unpaired) electrons. The number of rotatable bonds is 4. The topological polar surface area (TPSA) is 83.8 Å². The van der Waals surface area contributed by atoms with E-state index in [4.69, 9.17) is 9.47 Å². The first-order valence-corrected chi connectivity index (χ1v) is 8.12. The number of pyridine rings is 1. The highest BCUT2D eigenvalue weighted by Crippen LogP contribution is 2.40. The largest absolute Gasteiger partial charge is 0.482 e. The van der Waals surface area contributed by atoms with Gasteiger partial charge in [-0.25, -0.2) is 4.79 Å². The number of para-hydroxylation sites is 1. The van der Waals surface area contributed by atoms with E-state index in [-0.39, 0.29) is 24.3 Å². The highest BCUT2D eigenvalue weighted by molar-refractivity contribution is 5.78. The maximum atomic E-state index is 12.8. The van der Waals surface area contributed by atoms with Crippen LogP contribution in [0.1, 0.15) is 29.2 Å². The molecule has 0 aliphatic carbocycles. The van der Waals surface area contributed by atoms with E-state index in [1.54, 1.807) is 44.3 Å². The van der Waals surface area contributed by atoms with Crippen LogP contribution in [-0.4, -0.2) is 30.2 Å². The average molecular weight is 357 g/mol. The summed E-state index contributed by atoms with van der Waals surface area (Å²) in [5, 5.41) is 0. The van der Waals surface area contributed by atoms with Crippen molar-refractivity contribution in [1.82, 2.24) is 4.57 Å². The number of hydrogen-bond acceptors (Lipinski definition) is 6. The maximum absolute atomic E-state index is 12.8. The fraction of sp³-hybridized carbons (Fsp3) is 0.316. The number of fused-ring (bicyclic) bond motifs is 1. The van der Waals surface area contributed by atoms with Crippen molar-refractivity contribution in [2.45, 2.75) is 19.3 Å². The molecular weight excluding hydrogens is 338 g/mol. The zero-order valence-corrected chi connectivity index (χ0v) is 14.8. The fourth-order valence-electron chi connectivity index (χ4n) is 3.01. The molecule has 2 heterocycles. The summed E-state index contributed by atoms with van der Waals surface area (Å²) in [6.45, 7) is 1.51. The average Bonchev–Trinajstić information content (AvgIpc) is 2.63. The van der Waals surface area contributed by atoms with Crippen molar-refractivity contribution in [3.8, 4) is 11.5 Å². The summed E-state index contributed by atoms with van der Waals surface area (Å²) in [6.07, 6.45) is 0.0178. The quantitative estimate of drug-likeness (QED) is 0.774. The molecular formula is C19H19NO6. The minimum Gasteiger partial charge on any atom is -0.482 e. The number of nitrogens with zero attached hydrogens (tertiary/aromatic N) is 1. The molecule has 1 atom stereocenters. The van der Waals surface area contributed by atoms with E-state index in [0.717, 1.165) is 0 Å². The standard InChI is InChI=1S/C19H19NO6/c1-11-8-15-18(19(23)20(11)2)13(9-16(21)26-15)12-6-4-5-7-14(12)25-10-17(22)24-3/h4-8,13H,9-10H2,1-3H3. The van der Waals surface area contributed by atoms with Gasteiger partial charge in [0, 0.05) is 30.3 Å². The summed E-state index contributed by atoms with van der Waals surface area (Å²) in [4.78, 5) is 36.3. The molecule has 0 fully saturated rings. The van der Waals surface area contributed by atoms with Crippen molar-refractivity contribution < 1.29 is 23.8 Å². The molecule has 7 nitrogen and oxygen atoms in total. The van der Waals surface area contributed by atoms with Crippen molar-refractivity contribution >= 4 is 11.9 Å². The SMILES string of the molecule is COC(=O)COc1ccccc1C1CC(=O)Oc2cc(C)n(C)c(=O)c21. The molecule has 0 bridgehead atoms. The summed E-state index contributed by atoms with van der Waals surface area (Å²) in [6, 6.07) is 8.69. The van der Waals surface area contributed by atoms with Gasteiger partial charge in [-0.1, -0.05) is 18.2 Å². The van der Waals surface area contributed by atoms with E-state index in [1.165, 1.54) is 11.7 Å². The van der Waals surface area contributed by atoms with E-state index in [1.807, 2.05) is 0 Å². The number of ether oxygens (including phenoxy) is 3. The lowest BCUT2D eigenvalue weighted by Crippen LogP contribution is -2.32. The Labute approximate surface area is 150 Å². The first-order chi connectivity index (χ1) is 12.4. The minimum atomic E-state index is -0.519. The summed E-state index contributed by atoms with van der Waals surface area (Å²) < 4.78 is 16.9. The Morgan fingerprint density at radius 1 is 1.31 bits per heavy atom. The molecule has 136 valence electrons. The molecule has 26 heavy (non-hydrogen) atoms. The Morgan fingerprint density at radius 2 is 2.04 bits per heavy atom. The summed E-state index contributed by atoms with van der Waals surface area (Å²) in [5.74, 6) is -0.757. The van der Waals surface area contributed by atoms with Gasteiger partial charge in [0.15, 0.2) is 6.61 Å². The van der Waals surface area contributed by atoms with Gasteiger partial charge in [-0.15, -0.1) is 0 Å². The molecule has 0 N–H and O–H groups in total. The van der Waals surface area contributed by atoms with Crippen molar-refractivity contribution in [3.63, 3.8) is 0 Å². The molecule has 2 aromatic rings. The van der Waals surface area contributed by atoms with Crippen molar-refractivity contribution in [2.75, 3.05) is 13.7 Å². The van der Waals surface area contributed by atoms with E-state index in [2.05, 4.69) is 4.74 Å². The first-order valence-electron chi connectivity index (χ1n) is 8.12. The van der Waals surface area contributed by atoms with Gasteiger partial charge in [0.1, 0.15) is 11.5 Å². The molecule has 1 aliphatic rings. The third-order valence-corrected chi connectivity index (χ3v) is 4.48. The zero-order valence-electron chi connectivity index (χ0n) is 14.8. The van der Waals surface area contributed by atoms with Crippen molar-refractivity contribution in [1.29, 1.82) is 0 Å². The van der Waals surface area contributed by atoms with E-state index in [9.17, 15) is 14.4 Å². The Morgan fingerprint density at radius 3 is 2.77 bits per heavy atom. The van der Waals surface area contributed by atoms with Crippen LogP contribution in [0.2, 0.25) is 0 Å². The van der Waals surface area contributed by atoms with Crippen LogP contribution in [-0.2, 0) is 21.4 Å². The van der Waals surface area contributed by atoms with Crippen LogP contribution in [0.3, 0.4) is 0 Å². The monoisotopic (exact) mass is 357 g/mol. The molecule has 0 saturated heterocycles. The highest BCUT2D eigenvalue weighted by atomic mass is 16.6. The first kappa shape index (κ1) is 17.7.